The van der Waals surface area contributed by atoms with E-state index in [0.717, 1.165) is 27.5 Å². The highest BCUT2D eigenvalue weighted by atomic mass is 35.5. The molecule has 0 atom stereocenters. The zero-order valence-corrected chi connectivity index (χ0v) is 18.1. The summed E-state index contributed by atoms with van der Waals surface area (Å²) < 4.78 is 5.90. The minimum atomic E-state index is -0.0555. The summed E-state index contributed by atoms with van der Waals surface area (Å²) in [5, 5.41) is 11.1. The molecule has 6 nitrogen and oxygen atoms in total. The molecule has 156 valence electrons. The molecule has 8 heteroatoms. The fraction of sp³-hybridized carbons (Fsp3) is 0.130. The van der Waals surface area contributed by atoms with Crippen LogP contribution in [0.1, 0.15) is 20.8 Å². The van der Waals surface area contributed by atoms with Crippen LogP contribution in [0.25, 0.3) is 5.70 Å². The molecule has 1 saturated heterocycles. The predicted molar refractivity (Wildman–Crippen MR) is 126 cm³/mol. The number of carbonyl (C=O) groups excluding carboxylic acids is 1. The Balaban J connectivity index is 1.38. The highest BCUT2D eigenvalue weighted by molar-refractivity contribution is 7.17. The molecule has 0 radical (unpaired) electrons. The molecule has 1 amide bonds. The number of amidine groups is 1. The van der Waals surface area contributed by atoms with Gasteiger partial charge >= 0.3 is 0 Å². The number of rotatable bonds is 5. The van der Waals surface area contributed by atoms with Gasteiger partial charge in [-0.3, -0.25) is 15.1 Å². The van der Waals surface area contributed by atoms with Crippen molar-refractivity contribution in [3.63, 3.8) is 0 Å². The first-order valence-corrected chi connectivity index (χ1v) is 10.9. The first kappa shape index (κ1) is 19.7. The molecule has 31 heavy (non-hydrogen) atoms. The number of nitrogens with one attached hydrogen (secondary N) is 2. The number of nitrogens with zero attached hydrogens (tertiary/aromatic N) is 2. The van der Waals surface area contributed by atoms with Crippen LogP contribution in [0.3, 0.4) is 0 Å². The van der Waals surface area contributed by atoms with Gasteiger partial charge in [-0.05, 0) is 48.0 Å². The molecule has 0 saturated carbocycles. The van der Waals surface area contributed by atoms with Crippen molar-refractivity contribution in [2.24, 2.45) is 0 Å². The monoisotopic (exact) mass is 450 g/mol. The molecule has 2 aliphatic rings. The highest BCUT2D eigenvalue weighted by Gasteiger charge is 2.31. The number of thiophene rings is 1. The Kier molecular flexibility index (Phi) is 4.92. The quantitative estimate of drug-likeness (QED) is 0.544. The van der Waals surface area contributed by atoms with E-state index in [1.54, 1.807) is 9.80 Å². The van der Waals surface area contributed by atoms with Gasteiger partial charge in [-0.2, -0.15) is 0 Å². The average Bonchev–Trinajstić information content (AvgIpc) is 3.48. The molecule has 0 unspecified atom stereocenters. The smallest absolute Gasteiger partial charge is 0.289 e. The Hall–Kier alpha value is -3.29. The van der Waals surface area contributed by atoms with Crippen molar-refractivity contribution in [2.75, 3.05) is 28.3 Å². The third-order valence-electron chi connectivity index (χ3n) is 5.37. The van der Waals surface area contributed by atoms with Crippen LogP contribution in [0.2, 0.25) is 4.34 Å². The van der Waals surface area contributed by atoms with Gasteiger partial charge in [0.05, 0.1) is 33.6 Å². The second kappa shape index (κ2) is 7.76. The minimum absolute atomic E-state index is 0.0555. The van der Waals surface area contributed by atoms with Gasteiger partial charge in [-0.25, -0.2) is 0 Å². The molecular formula is C23H19ClN4O2S. The van der Waals surface area contributed by atoms with Gasteiger partial charge in [0.15, 0.2) is 0 Å². The van der Waals surface area contributed by atoms with Crippen molar-refractivity contribution in [1.29, 1.82) is 5.41 Å². The minimum Gasteiger partial charge on any atom is -0.463 e. The molecule has 0 bridgehead atoms. The lowest BCUT2D eigenvalue weighted by Gasteiger charge is -2.19. The maximum absolute atomic E-state index is 13.3. The van der Waals surface area contributed by atoms with E-state index in [2.05, 4.69) is 11.9 Å². The lowest BCUT2D eigenvalue weighted by atomic mass is 10.1. The van der Waals surface area contributed by atoms with Crippen LogP contribution in [0.5, 0.6) is 0 Å². The van der Waals surface area contributed by atoms with Gasteiger partial charge in [0, 0.05) is 17.1 Å². The van der Waals surface area contributed by atoms with E-state index >= 15 is 0 Å². The molecular weight excluding hydrogens is 432 g/mol. The summed E-state index contributed by atoms with van der Waals surface area (Å²) >= 11 is 7.48. The van der Waals surface area contributed by atoms with E-state index < -0.39 is 0 Å². The number of benzene rings is 2. The van der Waals surface area contributed by atoms with E-state index in [4.69, 9.17) is 21.7 Å². The van der Waals surface area contributed by atoms with Crippen molar-refractivity contribution < 1.29 is 9.53 Å². The summed E-state index contributed by atoms with van der Waals surface area (Å²) in [4.78, 5) is 17.8. The van der Waals surface area contributed by atoms with E-state index in [1.807, 2.05) is 54.6 Å². The maximum atomic E-state index is 13.3. The maximum Gasteiger partial charge on any atom is 0.289 e. The van der Waals surface area contributed by atoms with Crippen LogP contribution < -0.4 is 15.1 Å². The number of amides is 1. The normalized spacial score (nSPS) is 15.3. The van der Waals surface area contributed by atoms with Gasteiger partial charge < -0.3 is 15.0 Å². The Labute approximate surface area is 188 Å². The summed E-state index contributed by atoms with van der Waals surface area (Å²) in [6.07, 6.45) is 0. The SMILES string of the molecule is C=C(Nc1cccc2c1C(=O)N(c1ccc(N3CCOC3=N)cc1)C2)c1ccc(Cl)s1. The molecule has 1 aromatic heterocycles. The largest absolute Gasteiger partial charge is 0.463 e. The number of halogens is 1. The Morgan fingerprint density at radius 3 is 2.48 bits per heavy atom. The number of hydrogen-bond donors (Lipinski definition) is 2. The Morgan fingerprint density at radius 1 is 1.10 bits per heavy atom. The molecule has 2 N–H and O–H groups in total. The Bertz CT molecular complexity index is 1200. The summed E-state index contributed by atoms with van der Waals surface area (Å²) in [6, 6.07) is 17.3. The van der Waals surface area contributed by atoms with Gasteiger partial charge in [0.1, 0.15) is 6.61 Å². The van der Waals surface area contributed by atoms with Crippen molar-refractivity contribution in [1.82, 2.24) is 0 Å². The standard InChI is InChI=1S/C23H19ClN4O2S/c1-14(19-9-10-20(24)31-19)26-18-4-2-3-15-13-28(22(29)21(15)18)17-7-5-16(6-8-17)27-11-12-30-23(27)25/h2-10,25-26H,1,11-13H2. The number of carbonyl (C=O) groups is 1. The van der Waals surface area contributed by atoms with Gasteiger partial charge in [-0.15, -0.1) is 11.3 Å². The second-order valence-corrected chi connectivity index (χ2v) is 8.98. The third kappa shape index (κ3) is 3.56. The summed E-state index contributed by atoms with van der Waals surface area (Å²) in [5.74, 6) is -0.0555. The highest BCUT2D eigenvalue weighted by Crippen LogP contribution is 2.36. The second-order valence-electron chi connectivity index (χ2n) is 7.26. The van der Waals surface area contributed by atoms with Gasteiger partial charge in [-0.1, -0.05) is 30.3 Å². The zero-order valence-electron chi connectivity index (χ0n) is 16.5. The first-order valence-electron chi connectivity index (χ1n) is 9.75. The van der Waals surface area contributed by atoms with Crippen molar-refractivity contribution in [3.05, 3.63) is 81.5 Å². The first-order chi connectivity index (χ1) is 15.0. The van der Waals surface area contributed by atoms with Crippen LogP contribution >= 0.6 is 22.9 Å². The van der Waals surface area contributed by atoms with E-state index in [9.17, 15) is 4.79 Å². The van der Waals surface area contributed by atoms with Crippen LogP contribution in [-0.4, -0.2) is 25.1 Å². The lowest BCUT2D eigenvalue weighted by Crippen LogP contribution is -2.25. The van der Waals surface area contributed by atoms with Crippen molar-refractivity contribution in [3.8, 4) is 0 Å². The van der Waals surface area contributed by atoms with Crippen LogP contribution in [0, 0.1) is 5.41 Å². The summed E-state index contributed by atoms with van der Waals surface area (Å²) in [7, 11) is 0. The Morgan fingerprint density at radius 2 is 1.84 bits per heavy atom. The molecule has 5 rings (SSSR count). The van der Waals surface area contributed by atoms with E-state index in [-0.39, 0.29) is 11.9 Å². The van der Waals surface area contributed by atoms with Crippen molar-refractivity contribution >= 4 is 57.6 Å². The molecule has 3 aromatic rings. The topological polar surface area (TPSA) is 68.7 Å². The number of hydrogen-bond acceptors (Lipinski definition) is 5. The predicted octanol–water partition coefficient (Wildman–Crippen LogP) is 5.42. The number of fused-ring (bicyclic) bond motifs is 1. The van der Waals surface area contributed by atoms with Crippen molar-refractivity contribution in [2.45, 2.75) is 6.54 Å². The third-order valence-corrected chi connectivity index (χ3v) is 6.66. The number of anilines is 3. The van der Waals surface area contributed by atoms with Gasteiger partial charge in [0.25, 0.3) is 11.9 Å². The molecule has 0 aliphatic carbocycles. The van der Waals surface area contributed by atoms with Crippen LogP contribution in [0.4, 0.5) is 17.1 Å². The van der Waals surface area contributed by atoms with Gasteiger partial charge in [0.2, 0.25) is 0 Å². The summed E-state index contributed by atoms with van der Waals surface area (Å²) in [6.45, 7) is 5.77. The molecule has 2 aromatic carbocycles. The molecule has 2 aliphatic heterocycles. The van der Waals surface area contributed by atoms with Crippen LogP contribution in [0.15, 0.2) is 61.2 Å². The molecule has 1 fully saturated rings. The summed E-state index contributed by atoms with van der Waals surface area (Å²) in [5.41, 5.74) is 4.75. The fourth-order valence-electron chi connectivity index (χ4n) is 3.85. The van der Waals surface area contributed by atoms with Crippen LogP contribution in [-0.2, 0) is 11.3 Å². The number of ether oxygens (including phenoxy) is 1. The van der Waals surface area contributed by atoms with E-state index in [0.29, 0.717) is 35.3 Å². The zero-order chi connectivity index (χ0) is 21.5. The lowest BCUT2D eigenvalue weighted by molar-refractivity contribution is 0.0997. The molecule has 3 heterocycles. The average molecular weight is 451 g/mol. The van der Waals surface area contributed by atoms with E-state index in [1.165, 1.54) is 11.3 Å². The fourth-order valence-corrected chi connectivity index (χ4v) is 4.82. The molecule has 0 spiro atoms.